The molecule has 0 saturated heterocycles. The first-order valence-electron chi connectivity index (χ1n) is 9.22. The average Bonchev–Trinajstić information content (AvgIpc) is 3.12. The number of nitrogens with zero attached hydrogens (tertiary/aromatic N) is 3. The molecule has 1 aliphatic rings. The Bertz CT molecular complexity index is 1040. The van der Waals surface area contributed by atoms with Crippen molar-refractivity contribution < 1.29 is 9.53 Å². The topological polar surface area (TPSA) is 57.7 Å². The van der Waals surface area contributed by atoms with E-state index in [2.05, 4.69) is 10.3 Å². The lowest BCUT2D eigenvalue weighted by molar-refractivity contribution is 0.0947. The molecule has 2 heterocycles. The lowest BCUT2D eigenvalue weighted by Crippen LogP contribution is -2.31. The van der Waals surface area contributed by atoms with Gasteiger partial charge in [0.1, 0.15) is 11.4 Å². The monoisotopic (exact) mass is 428 g/mol. The van der Waals surface area contributed by atoms with Crippen molar-refractivity contribution in [2.75, 3.05) is 32.1 Å². The normalized spacial score (nSPS) is 12.8. The Morgan fingerprint density at radius 2 is 2.10 bits per heavy atom. The molecule has 0 fully saturated rings. The van der Waals surface area contributed by atoms with Crippen LogP contribution in [-0.4, -0.2) is 43.0 Å². The predicted octanol–water partition coefficient (Wildman–Crippen LogP) is 4.53. The van der Waals surface area contributed by atoms with E-state index in [4.69, 9.17) is 16.3 Å². The number of hydrogen-bond donors (Lipinski definition) is 1. The summed E-state index contributed by atoms with van der Waals surface area (Å²) >= 11 is 7.69. The summed E-state index contributed by atoms with van der Waals surface area (Å²) in [6.45, 7) is 1.91. The van der Waals surface area contributed by atoms with Crippen LogP contribution in [0.25, 0.3) is 0 Å². The van der Waals surface area contributed by atoms with E-state index in [1.165, 1.54) is 11.3 Å². The molecule has 29 heavy (non-hydrogen) atoms. The van der Waals surface area contributed by atoms with Crippen LogP contribution < -0.4 is 15.0 Å². The molecule has 1 N–H and O–H groups in total. The number of fused-ring (bicyclic) bond motifs is 2. The first kappa shape index (κ1) is 19.7. The van der Waals surface area contributed by atoms with Gasteiger partial charge in [-0.2, -0.15) is 0 Å². The predicted molar refractivity (Wildman–Crippen MR) is 117 cm³/mol. The van der Waals surface area contributed by atoms with Gasteiger partial charge in [-0.3, -0.25) is 4.79 Å². The van der Waals surface area contributed by atoms with E-state index in [-0.39, 0.29) is 5.91 Å². The minimum absolute atomic E-state index is 0.174. The molecule has 0 saturated carbocycles. The van der Waals surface area contributed by atoms with Crippen molar-refractivity contribution in [3.63, 3.8) is 0 Å². The van der Waals surface area contributed by atoms with Crippen LogP contribution in [0.2, 0.25) is 5.02 Å². The van der Waals surface area contributed by atoms with Gasteiger partial charge in [-0.05, 0) is 38.4 Å². The third-order valence-corrected chi connectivity index (χ3v) is 5.63. The number of nitrogens with one attached hydrogen (secondary N) is 1. The number of rotatable bonds is 5. The molecule has 8 heteroatoms. The fraction of sp³-hybridized carbons (Fsp3) is 0.238. The number of halogens is 1. The molecule has 0 spiro atoms. The summed E-state index contributed by atoms with van der Waals surface area (Å²) in [7, 11) is 3.93. The molecule has 0 unspecified atom stereocenters. The van der Waals surface area contributed by atoms with Crippen molar-refractivity contribution in [1.29, 1.82) is 0 Å². The lowest BCUT2D eigenvalue weighted by atomic mass is 10.2. The van der Waals surface area contributed by atoms with Gasteiger partial charge >= 0.3 is 0 Å². The highest BCUT2D eigenvalue weighted by molar-refractivity contribution is 7.14. The van der Waals surface area contributed by atoms with Gasteiger partial charge < -0.3 is 19.9 Å². The molecule has 0 bridgehead atoms. The van der Waals surface area contributed by atoms with Gasteiger partial charge in [0.25, 0.3) is 5.91 Å². The number of hydrogen-bond acceptors (Lipinski definition) is 6. The summed E-state index contributed by atoms with van der Waals surface area (Å²) in [6, 6.07) is 13.4. The van der Waals surface area contributed by atoms with Crippen molar-refractivity contribution in [1.82, 2.24) is 15.2 Å². The van der Waals surface area contributed by atoms with Crippen molar-refractivity contribution in [2.24, 2.45) is 0 Å². The van der Waals surface area contributed by atoms with Crippen LogP contribution in [0.4, 0.5) is 10.8 Å². The highest BCUT2D eigenvalue weighted by Crippen LogP contribution is 2.44. The molecule has 1 amide bonds. The van der Waals surface area contributed by atoms with Crippen molar-refractivity contribution in [3.05, 3.63) is 64.1 Å². The summed E-state index contributed by atoms with van der Waals surface area (Å²) in [4.78, 5) is 21.1. The van der Waals surface area contributed by atoms with Gasteiger partial charge in [-0.25, -0.2) is 4.98 Å². The Balaban J connectivity index is 1.65. The molecule has 150 valence electrons. The smallest absolute Gasteiger partial charge is 0.270 e. The fourth-order valence-electron chi connectivity index (χ4n) is 3.04. The molecular formula is C21H21ClN4O2S. The Morgan fingerprint density at radius 3 is 2.93 bits per heavy atom. The molecule has 1 aromatic heterocycles. The number of thiazole rings is 1. The van der Waals surface area contributed by atoms with E-state index in [0.29, 0.717) is 34.7 Å². The maximum atomic E-state index is 12.4. The van der Waals surface area contributed by atoms with E-state index in [1.807, 2.05) is 60.3 Å². The molecule has 0 aliphatic carbocycles. The minimum Gasteiger partial charge on any atom is -0.455 e. The molecule has 3 aromatic rings. The number of para-hydroxylation sites is 1. The Labute approximate surface area is 178 Å². The van der Waals surface area contributed by atoms with Crippen LogP contribution in [0.3, 0.4) is 0 Å². The first-order chi connectivity index (χ1) is 14.0. The molecule has 4 rings (SSSR count). The average molecular weight is 429 g/mol. The van der Waals surface area contributed by atoms with Gasteiger partial charge in [0.15, 0.2) is 10.9 Å². The SMILES string of the molecule is CN(C)CCNC(=O)c1csc(N2Cc3ccccc3Oc3ccc(Cl)cc32)n1. The molecule has 2 aromatic carbocycles. The maximum absolute atomic E-state index is 12.4. The number of aromatic nitrogens is 1. The number of carbonyl (C=O) groups excluding carboxylic acids is 1. The van der Waals surface area contributed by atoms with Crippen molar-refractivity contribution in [3.8, 4) is 11.5 Å². The summed E-state index contributed by atoms with van der Waals surface area (Å²) < 4.78 is 6.13. The third-order valence-electron chi connectivity index (χ3n) is 4.53. The zero-order valence-electron chi connectivity index (χ0n) is 16.2. The number of likely N-dealkylation sites (N-methyl/N-ethyl adjacent to an activating group) is 1. The molecule has 0 radical (unpaired) electrons. The van der Waals surface area contributed by atoms with Crippen molar-refractivity contribution in [2.45, 2.75) is 6.54 Å². The van der Waals surface area contributed by atoms with Gasteiger partial charge in [-0.1, -0.05) is 29.8 Å². The van der Waals surface area contributed by atoms with Crippen LogP contribution in [-0.2, 0) is 6.54 Å². The van der Waals surface area contributed by atoms with Crippen molar-refractivity contribution >= 4 is 39.7 Å². The zero-order valence-corrected chi connectivity index (χ0v) is 17.8. The van der Waals surface area contributed by atoms with E-state index >= 15 is 0 Å². The maximum Gasteiger partial charge on any atom is 0.270 e. The summed E-state index contributed by atoms with van der Waals surface area (Å²) in [6.07, 6.45) is 0. The van der Waals surface area contributed by atoms with Gasteiger partial charge in [-0.15, -0.1) is 11.3 Å². The van der Waals surface area contributed by atoms with Crippen LogP contribution in [0, 0.1) is 0 Å². The Morgan fingerprint density at radius 1 is 1.28 bits per heavy atom. The third kappa shape index (κ3) is 4.37. The van der Waals surface area contributed by atoms with Crippen LogP contribution in [0.15, 0.2) is 47.8 Å². The van der Waals surface area contributed by atoms with Gasteiger partial charge in [0.05, 0.1) is 12.2 Å². The van der Waals surface area contributed by atoms with Gasteiger partial charge in [0, 0.05) is 29.1 Å². The van der Waals surface area contributed by atoms with Crippen LogP contribution in [0.1, 0.15) is 16.1 Å². The summed E-state index contributed by atoms with van der Waals surface area (Å²) in [5.41, 5.74) is 2.26. The Hall–Kier alpha value is -2.61. The van der Waals surface area contributed by atoms with E-state index in [0.717, 1.165) is 23.5 Å². The lowest BCUT2D eigenvalue weighted by Gasteiger charge is -2.21. The number of anilines is 2. The first-order valence-corrected chi connectivity index (χ1v) is 10.5. The Kier molecular flexibility index (Phi) is 5.71. The molecule has 6 nitrogen and oxygen atoms in total. The second-order valence-electron chi connectivity index (χ2n) is 6.98. The minimum atomic E-state index is -0.174. The quantitative estimate of drug-likeness (QED) is 0.646. The standard InChI is InChI=1S/C21H21ClN4O2S/c1-25(2)10-9-23-20(27)16-13-29-21(24-16)26-12-14-5-3-4-6-18(14)28-19-8-7-15(22)11-17(19)26/h3-8,11,13H,9-10,12H2,1-2H3,(H,23,27). The van der Waals surface area contributed by atoms with Gasteiger partial charge in [0.2, 0.25) is 0 Å². The fourth-order valence-corrected chi connectivity index (χ4v) is 4.03. The largest absolute Gasteiger partial charge is 0.455 e. The number of amides is 1. The van der Waals surface area contributed by atoms with Crippen LogP contribution in [0.5, 0.6) is 11.5 Å². The number of ether oxygens (including phenoxy) is 1. The zero-order chi connectivity index (χ0) is 20.4. The molecular weight excluding hydrogens is 408 g/mol. The molecule has 1 aliphatic heterocycles. The number of benzene rings is 2. The highest BCUT2D eigenvalue weighted by Gasteiger charge is 2.25. The second-order valence-corrected chi connectivity index (χ2v) is 8.26. The summed E-state index contributed by atoms with van der Waals surface area (Å²) in [5, 5.41) is 6.01. The molecule has 0 atom stereocenters. The van der Waals surface area contributed by atoms with E-state index in [9.17, 15) is 4.79 Å². The number of carbonyl (C=O) groups is 1. The van der Waals surface area contributed by atoms with Crippen LogP contribution >= 0.6 is 22.9 Å². The van der Waals surface area contributed by atoms with E-state index < -0.39 is 0 Å². The summed E-state index contributed by atoms with van der Waals surface area (Å²) in [5.74, 6) is 1.33. The second kappa shape index (κ2) is 8.41. The highest BCUT2D eigenvalue weighted by atomic mass is 35.5. The van der Waals surface area contributed by atoms with E-state index in [1.54, 1.807) is 11.4 Å².